The second kappa shape index (κ2) is 13.4. The van der Waals surface area contributed by atoms with Crippen LogP contribution in [0, 0.1) is 0 Å². The number of rotatable bonds is 11. The van der Waals surface area contributed by atoms with Crippen molar-refractivity contribution in [2.24, 2.45) is 5.16 Å². The van der Waals surface area contributed by atoms with Crippen molar-refractivity contribution in [3.8, 4) is 11.5 Å². The van der Waals surface area contributed by atoms with E-state index in [0.717, 1.165) is 46.1 Å². The fourth-order valence-corrected chi connectivity index (χ4v) is 4.51. The molecule has 5 rings (SSSR count). The molecule has 1 aliphatic heterocycles. The number of ether oxygens (including phenoxy) is 3. The molecule has 4 aromatic rings. The largest absolute Gasteiger partial charge is 0.497 e. The Bertz CT molecular complexity index is 1490. The Hall–Kier alpha value is -5.24. The lowest BCUT2D eigenvalue weighted by atomic mass is 10.1. The molecule has 42 heavy (non-hydrogen) atoms. The van der Waals surface area contributed by atoms with E-state index in [1.165, 1.54) is 4.90 Å². The second-order valence-electron chi connectivity index (χ2n) is 9.52. The molecule has 0 N–H and O–H groups in total. The first-order valence-electron chi connectivity index (χ1n) is 13.7. The molecule has 0 saturated carbocycles. The van der Waals surface area contributed by atoms with Gasteiger partial charge in [-0.2, -0.15) is 0 Å². The number of amides is 1. The van der Waals surface area contributed by atoms with Gasteiger partial charge in [0.15, 0.2) is 5.76 Å². The molecule has 0 aliphatic carbocycles. The Balaban J connectivity index is 1.38. The summed E-state index contributed by atoms with van der Waals surface area (Å²) in [6.45, 7) is 2.75. The molecule has 1 fully saturated rings. The maximum atomic E-state index is 13.2. The zero-order valence-corrected chi connectivity index (χ0v) is 23.9. The Morgan fingerprint density at radius 2 is 1.33 bits per heavy atom. The average molecular weight is 564 g/mol. The summed E-state index contributed by atoms with van der Waals surface area (Å²) < 4.78 is 16.6. The maximum Gasteiger partial charge on any atom is 0.339 e. The van der Waals surface area contributed by atoms with Gasteiger partial charge in [0.25, 0.3) is 5.91 Å². The zero-order chi connectivity index (χ0) is 29.3. The summed E-state index contributed by atoms with van der Waals surface area (Å²) in [6, 6.07) is 33.5. The van der Waals surface area contributed by atoms with Crippen molar-refractivity contribution < 1.29 is 23.8 Å². The molecule has 0 bridgehead atoms. The number of amidine groups is 1. The third-order valence-electron chi connectivity index (χ3n) is 6.66. The van der Waals surface area contributed by atoms with Crippen molar-refractivity contribution in [1.29, 1.82) is 0 Å². The van der Waals surface area contributed by atoms with Gasteiger partial charge in [0.2, 0.25) is 0 Å². The minimum Gasteiger partial charge on any atom is -0.497 e. The summed E-state index contributed by atoms with van der Waals surface area (Å²) in [5.41, 5.74) is 4.66. The van der Waals surface area contributed by atoms with E-state index in [1.807, 2.05) is 110 Å². The Labute approximate surface area is 246 Å². The normalized spacial score (nSPS) is 14.6. The van der Waals surface area contributed by atoms with Crippen LogP contribution in [0.3, 0.4) is 0 Å². The molecule has 0 radical (unpaired) electrons. The Morgan fingerprint density at radius 3 is 1.86 bits per heavy atom. The summed E-state index contributed by atoms with van der Waals surface area (Å²) in [5.74, 6) is 1.51. The number of methoxy groups -OCH3 is 2. The molecule has 1 amide bonds. The van der Waals surface area contributed by atoms with E-state index in [-0.39, 0.29) is 24.3 Å². The predicted octanol–water partition coefficient (Wildman–Crippen LogP) is 7.27. The number of carbonyl (C=O) groups is 1. The first kappa shape index (κ1) is 28.3. The molecule has 0 atom stereocenters. The standard InChI is InChI=1S/C34H33N3O5/c1-4-22-36-33(38)32(42-34(36)35-41-24-26-8-6-5-7-9-26)23-25-10-12-27(13-11-25)37(28-14-18-30(39-2)19-15-28)29-16-20-31(40-3)21-17-29/h5-21,23H,4,22,24H2,1-3H3/b32-23+,35-34+. The summed E-state index contributed by atoms with van der Waals surface area (Å²) in [7, 11) is 3.30. The van der Waals surface area contributed by atoms with Crippen LogP contribution in [0.4, 0.5) is 17.1 Å². The first-order valence-corrected chi connectivity index (χ1v) is 13.7. The van der Waals surface area contributed by atoms with Crippen molar-refractivity contribution in [2.45, 2.75) is 20.0 Å². The molecule has 1 heterocycles. The van der Waals surface area contributed by atoms with Gasteiger partial charge in [0.05, 0.1) is 14.2 Å². The molecule has 1 aliphatic rings. The molecule has 8 heteroatoms. The van der Waals surface area contributed by atoms with Crippen molar-refractivity contribution in [2.75, 3.05) is 25.7 Å². The van der Waals surface area contributed by atoms with Crippen LogP contribution in [0.1, 0.15) is 24.5 Å². The van der Waals surface area contributed by atoms with Gasteiger partial charge in [-0.15, -0.1) is 0 Å². The number of oxime groups is 1. The number of hydrogen-bond acceptors (Lipinski definition) is 7. The third-order valence-corrected chi connectivity index (χ3v) is 6.66. The van der Waals surface area contributed by atoms with Crippen LogP contribution in [-0.2, 0) is 21.0 Å². The summed E-state index contributed by atoms with van der Waals surface area (Å²) in [4.78, 5) is 22.3. The minimum atomic E-state index is -0.249. The van der Waals surface area contributed by atoms with Gasteiger partial charge in [-0.3, -0.25) is 9.69 Å². The topological polar surface area (TPSA) is 72.8 Å². The summed E-state index contributed by atoms with van der Waals surface area (Å²) in [5, 5.41) is 4.12. The van der Waals surface area contributed by atoms with Gasteiger partial charge in [-0.05, 0) is 89.4 Å². The number of carbonyl (C=O) groups excluding carboxylic acids is 1. The van der Waals surface area contributed by atoms with Crippen molar-refractivity contribution in [3.05, 3.63) is 120 Å². The highest BCUT2D eigenvalue weighted by atomic mass is 16.7. The van der Waals surface area contributed by atoms with Gasteiger partial charge in [-0.1, -0.05) is 49.4 Å². The lowest BCUT2D eigenvalue weighted by Crippen LogP contribution is -2.30. The molecule has 8 nitrogen and oxygen atoms in total. The van der Waals surface area contributed by atoms with E-state index in [4.69, 9.17) is 19.0 Å². The van der Waals surface area contributed by atoms with Gasteiger partial charge in [-0.25, -0.2) is 0 Å². The van der Waals surface area contributed by atoms with E-state index < -0.39 is 0 Å². The first-order chi connectivity index (χ1) is 20.6. The van der Waals surface area contributed by atoms with E-state index in [2.05, 4.69) is 10.1 Å². The molecule has 1 saturated heterocycles. The van der Waals surface area contributed by atoms with Crippen molar-refractivity contribution in [1.82, 2.24) is 4.90 Å². The number of nitrogens with zero attached hydrogens (tertiary/aromatic N) is 3. The Morgan fingerprint density at radius 1 is 0.786 bits per heavy atom. The SMILES string of the molecule is CCCN1C(=O)/C(=C\c2ccc(N(c3ccc(OC)cc3)c3ccc(OC)cc3)cc2)O/C1=N/OCc1ccccc1. The van der Waals surface area contributed by atoms with Crippen LogP contribution in [0.2, 0.25) is 0 Å². The van der Waals surface area contributed by atoms with E-state index in [0.29, 0.717) is 6.54 Å². The number of anilines is 3. The molecular formula is C34H33N3O5. The van der Waals surface area contributed by atoms with Crippen molar-refractivity contribution in [3.63, 3.8) is 0 Å². The average Bonchev–Trinajstić information content (AvgIpc) is 3.32. The highest BCUT2D eigenvalue weighted by Crippen LogP contribution is 2.36. The van der Waals surface area contributed by atoms with Gasteiger partial charge in [0, 0.05) is 23.6 Å². The van der Waals surface area contributed by atoms with E-state index >= 15 is 0 Å². The van der Waals surface area contributed by atoms with E-state index in [1.54, 1.807) is 20.3 Å². The zero-order valence-electron chi connectivity index (χ0n) is 23.9. The number of benzene rings is 4. The third kappa shape index (κ3) is 6.55. The lowest BCUT2D eigenvalue weighted by Gasteiger charge is -2.26. The van der Waals surface area contributed by atoms with Crippen LogP contribution in [-0.4, -0.2) is 37.6 Å². The van der Waals surface area contributed by atoms with Gasteiger partial charge < -0.3 is 23.9 Å². The molecule has 0 spiro atoms. The summed E-state index contributed by atoms with van der Waals surface area (Å²) in [6.07, 6.45) is 2.47. The highest BCUT2D eigenvalue weighted by Gasteiger charge is 2.35. The molecular weight excluding hydrogens is 530 g/mol. The monoisotopic (exact) mass is 563 g/mol. The maximum absolute atomic E-state index is 13.2. The molecule has 4 aromatic carbocycles. The molecule has 214 valence electrons. The molecule has 0 aromatic heterocycles. The van der Waals surface area contributed by atoms with Crippen LogP contribution >= 0.6 is 0 Å². The quantitative estimate of drug-likeness (QED) is 0.141. The van der Waals surface area contributed by atoms with Gasteiger partial charge >= 0.3 is 6.02 Å². The lowest BCUT2D eigenvalue weighted by molar-refractivity contribution is -0.123. The highest BCUT2D eigenvalue weighted by molar-refractivity contribution is 6.11. The van der Waals surface area contributed by atoms with E-state index in [9.17, 15) is 4.79 Å². The second-order valence-corrected chi connectivity index (χ2v) is 9.52. The molecule has 0 unspecified atom stereocenters. The predicted molar refractivity (Wildman–Crippen MR) is 164 cm³/mol. The van der Waals surface area contributed by atoms with Crippen molar-refractivity contribution >= 4 is 35.1 Å². The summed E-state index contributed by atoms with van der Waals surface area (Å²) >= 11 is 0. The van der Waals surface area contributed by atoms with Crippen LogP contribution in [0.25, 0.3) is 6.08 Å². The van der Waals surface area contributed by atoms with Crippen LogP contribution in [0.15, 0.2) is 114 Å². The fourth-order valence-electron chi connectivity index (χ4n) is 4.51. The smallest absolute Gasteiger partial charge is 0.339 e. The number of hydrogen-bond donors (Lipinski definition) is 0. The van der Waals surface area contributed by atoms with Crippen LogP contribution in [0.5, 0.6) is 11.5 Å². The fraction of sp³-hybridized carbons (Fsp3) is 0.176. The van der Waals surface area contributed by atoms with Crippen LogP contribution < -0.4 is 14.4 Å². The van der Waals surface area contributed by atoms with Gasteiger partial charge in [0.1, 0.15) is 18.1 Å². The minimum absolute atomic E-state index is 0.144. The Kier molecular flexibility index (Phi) is 9.03.